The van der Waals surface area contributed by atoms with Gasteiger partial charge in [-0.05, 0) is 6.92 Å². The summed E-state index contributed by atoms with van der Waals surface area (Å²) in [4.78, 5) is 17.8. The summed E-state index contributed by atoms with van der Waals surface area (Å²) in [6, 6.07) is 0. The minimum Gasteiger partial charge on any atom is -0.467 e. The minimum atomic E-state index is -0.518. The van der Waals surface area contributed by atoms with Crippen molar-refractivity contribution in [3.63, 3.8) is 0 Å². The Balaban J connectivity index is 2.09. The van der Waals surface area contributed by atoms with Crippen molar-refractivity contribution >= 4 is 11.9 Å². The summed E-state index contributed by atoms with van der Waals surface area (Å²) in [5.41, 5.74) is 0. The summed E-state index contributed by atoms with van der Waals surface area (Å²) in [6.07, 6.45) is 3.18. The number of hydrogen-bond donors (Lipinski definition) is 0. The Labute approximate surface area is 100 Å². The number of rotatable bonds is 3. The molecule has 2 rings (SSSR count). The van der Waals surface area contributed by atoms with E-state index in [1.54, 1.807) is 6.20 Å². The lowest BCUT2D eigenvalue weighted by Gasteiger charge is -2.32. The Bertz CT molecular complexity index is 391. The highest BCUT2D eigenvalue weighted by atomic mass is 16.6. The van der Waals surface area contributed by atoms with E-state index in [0.717, 1.165) is 19.0 Å². The third-order valence-corrected chi connectivity index (χ3v) is 2.85. The van der Waals surface area contributed by atoms with Gasteiger partial charge in [-0.3, -0.25) is 0 Å². The Morgan fingerprint density at radius 3 is 3.24 bits per heavy atom. The average Bonchev–Trinajstić information content (AvgIpc) is 2.86. The molecule has 1 saturated heterocycles. The number of aryl methyl sites for hydroxylation is 1. The van der Waals surface area contributed by atoms with Crippen LogP contribution in [0, 0.1) is 0 Å². The highest BCUT2D eigenvalue weighted by molar-refractivity contribution is 5.75. The maximum atomic E-state index is 11.4. The molecule has 17 heavy (non-hydrogen) atoms. The zero-order valence-electron chi connectivity index (χ0n) is 10.1. The van der Waals surface area contributed by atoms with Crippen LogP contribution >= 0.6 is 0 Å². The van der Waals surface area contributed by atoms with Gasteiger partial charge < -0.3 is 18.9 Å². The number of aromatic nitrogens is 2. The van der Waals surface area contributed by atoms with Crippen LogP contribution in [0.4, 0.5) is 5.95 Å². The summed E-state index contributed by atoms with van der Waals surface area (Å²) in [5, 5.41) is 0. The Morgan fingerprint density at radius 1 is 1.71 bits per heavy atom. The maximum absolute atomic E-state index is 11.4. The molecule has 0 amide bonds. The van der Waals surface area contributed by atoms with E-state index in [9.17, 15) is 4.79 Å². The molecular weight excluding hydrogens is 222 g/mol. The summed E-state index contributed by atoms with van der Waals surface area (Å²) in [5.74, 6) is 0.550. The van der Waals surface area contributed by atoms with E-state index in [1.165, 1.54) is 7.11 Å². The summed E-state index contributed by atoms with van der Waals surface area (Å²) in [6.45, 7) is 4.66. The van der Waals surface area contributed by atoms with Gasteiger partial charge in [0.2, 0.25) is 5.95 Å². The van der Waals surface area contributed by atoms with E-state index in [2.05, 4.69) is 16.8 Å². The predicted octanol–water partition coefficient (Wildman–Crippen LogP) is 0.281. The number of morpholine rings is 1. The molecule has 0 aliphatic carbocycles. The van der Waals surface area contributed by atoms with Crippen LogP contribution in [0.25, 0.3) is 0 Å². The van der Waals surface area contributed by atoms with Crippen LogP contribution in [0.15, 0.2) is 12.4 Å². The second kappa shape index (κ2) is 5.18. The van der Waals surface area contributed by atoms with Crippen LogP contribution in [0.2, 0.25) is 0 Å². The van der Waals surface area contributed by atoms with Gasteiger partial charge in [0.15, 0.2) is 6.10 Å². The van der Waals surface area contributed by atoms with Gasteiger partial charge in [0.05, 0.1) is 20.3 Å². The van der Waals surface area contributed by atoms with Gasteiger partial charge in [0.25, 0.3) is 0 Å². The molecule has 6 nitrogen and oxygen atoms in total. The second-order valence-electron chi connectivity index (χ2n) is 3.84. The van der Waals surface area contributed by atoms with Crippen molar-refractivity contribution in [1.82, 2.24) is 9.55 Å². The molecule has 0 N–H and O–H groups in total. The molecule has 1 aromatic heterocycles. The highest BCUT2D eigenvalue weighted by Crippen LogP contribution is 2.16. The van der Waals surface area contributed by atoms with Gasteiger partial charge in [-0.15, -0.1) is 0 Å². The van der Waals surface area contributed by atoms with Crippen LogP contribution in [0.5, 0.6) is 0 Å². The number of hydrogen-bond acceptors (Lipinski definition) is 5. The van der Waals surface area contributed by atoms with Gasteiger partial charge in [0, 0.05) is 25.5 Å². The normalized spacial score (nSPS) is 20.4. The fourth-order valence-electron chi connectivity index (χ4n) is 1.94. The predicted molar refractivity (Wildman–Crippen MR) is 61.9 cm³/mol. The van der Waals surface area contributed by atoms with Gasteiger partial charge in [-0.2, -0.15) is 0 Å². The second-order valence-corrected chi connectivity index (χ2v) is 3.84. The number of esters is 1. The van der Waals surface area contributed by atoms with Crippen molar-refractivity contribution in [2.75, 3.05) is 31.7 Å². The van der Waals surface area contributed by atoms with E-state index in [-0.39, 0.29) is 5.97 Å². The number of anilines is 1. The number of ether oxygens (including phenoxy) is 2. The van der Waals surface area contributed by atoms with E-state index < -0.39 is 6.10 Å². The molecule has 1 aliphatic heterocycles. The standard InChI is InChI=1S/C11H17N3O3/c1-3-13-5-4-12-11(13)14-6-7-17-9(8-14)10(15)16-2/h4-5,9H,3,6-8H2,1-2H3. The first-order valence-electron chi connectivity index (χ1n) is 5.71. The van der Waals surface area contributed by atoms with Crippen molar-refractivity contribution in [3.8, 4) is 0 Å². The first-order valence-corrected chi connectivity index (χ1v) is 5.71. The topological polar surface area (TPSA) is 56.6 Å². The van der Waals surface area contributed by atoms with Crippen molar-refractivity contribution in [1.29, 1.82) is 0 Å². The van der Waals surface area contributed by atoms with E-state index in [0.29, 0.717) is 13.2 Å². The van der Waals surface area contributed by atoms with Gasteiger partial charge in [-0.1, -0.05) is 0 Å². The molecule has 0 saturated carbocycles. The summed E-state index contributed by atoms with van der Waals surface area (Å²) in [7, 11) is 1.37. The lowest BCUT2D eigenvalue weighted by Crippen LogP contribution is -2.47. The Kier molecular flexibility index (Phi) is 3.63. The molecule has 1 fully saturated rings. The summed E-state index contributed by atoms with van der Waals surface area (Å²) < 4.78 is 12.1. The first kappa shape index (κ1) is 11.9. The number of nitrogens with zero attached hydrogens (tertiary/aromatic N) is 3. The molecule has 94 valence electrons. The number of carbonyl (C=O) groups is 1. The highest BCUT2D eigenvalue weighted by Gasteiger charge is 2.29. The molecule has 6 heteroatoms. The smallest absolute Gasteiger partial charge is 0.336 e. The first-order chi connectivity index (χ1) is 8.26. The third-order valence-electron chi connectivity index (χ3n) is 2.85. The van der Waals surface area contributed by atoms with Crippen LogP contribution < -0.4 is 4.90 Å². The van der Waals surface area contributed by atoms with Gasteiger partial charge in [0.1, 0.15) is 0 Å². The van der Waals surface area contributed by atoms with Gasteiger partial charge in [-0.25, -0.2) is 9.78 Å². The van der Waals surface area contributed by atoms with Crippen LogP contribution in [0.1, 0.15) is 6.92 Å². The quantitative estimate of drug-likeness (QED) is 0.709. The summed E-state index contributed by atoms with van der Waals surface area (Å²) >= 11 is 0. The third kappa shape index (κ3) is 2.41. The minimum absolute atomic E-state index is 0.329. The average molecular weight is 239 g/mol. The number of imidazole rings is 1. The molecule has 1 aromatic rings. The zero-order chi connectivity index (χ0) is 12.3. The Morgan fingerprint density at radius 2 is 2.53 bits per heavy atom. The number of carbonyl (C=O) groups excluding carboxylic acids is 1. The van der Waals surface area contributed by atoms with Crippen LogP contribution in [-0.4, -0.2) is 48.4 Å². The molecule has 0 bridgehead atoms. The van der Waals surface area contributed by atoms with Crippen molar-refractivity contribution in [2.24, 2.45) is 0 Å². The molecule has 1 unspecified atom stereocenters. The fraction of sp³-hybridized carbons (Fsp3) is 0.636. The van der Waals surface area contributed by atoms with Crippen LogP contribution in [-0.2, 0) is 20.8 Å². The molecule has 0 aromatic carbocycles. The van der Waals surface area contributed by atoms with E-state index in [4.69, 9.17) is 9.47 Å². The van der Waals surface area contributed by atoms with Gasteiger partial charge >= 0.3 is 5.97 Å². The number of methoxy groups -OCH3 is 1. The molecule has 1 atom stereocenters. The molecule has 2 heterocycles. The fourth-order valence-corrected chi connectivity index (χ4v) is 1.94. The van der Waals surface area contributed by atoms with Crippen LogP contribution in [0.3, 0.4) is 0 Å². The molecule has 0 radical (unpaired) electrons. The van der Waals surface area contributed by atoms with Crippen molar-refractivity contribution in [3.05, 3.63) is 12.4 Å². The Hall–Kier alpha value is -1.56. The van der Waals surface area contributed by atoms with Crippen molar-refractivity contribution in [2.45, 2.75) is 19.6 Å². The molecule has 1 aliphatic rings. The molecular formula is C11H17N3O3. The molecule has 0 spiro atoms. The maximum Gasteiger partial charge on any atom is 0.336 e. The van der Waals surface area contributed by atoms with Crippen molar-refractivity contribution < 1.29 is 14.3 Å². The lowest BCUT2D eigenvalue weighted by atomic mass is 10.3. The lowest BCUT2D eigenvalue weighted by molar-refractivity contribution is -0.154. The van der Waals surface area contributed by atoms with E-state index >= 15 is 0 Å². The zero-order valence-corrected chi connectivity index (χ0v) is 10.1. The monoisotopic (exact) mass is 239 g/mol. The van der Waals surface area contributed by atoms with E-state index in [1.807, 2.05) is 10.8 Å². The largest absolute Gasteiger partial charge is 0.467 e. The SMILES string of the molecule is CCn1ccnc1N1CCOC(C(=O)OC)C1.